The maximum absolute atomic E-state index is 5.18. The van der Waals surface area contributed by atoms with E-state index < -0.39 is 0 Å². The molecule has 4 heteroatoms. The Labute approximate surface area is 177 Å². The number of rotatable bonds is 0. The number of nitrogens with zero attached hydrogens (tertiary/aromatic N) is 4. The lowest BCUT2D eigenvalue weighted by molar-refractivity contribution is 1.09. The molecule has 0 atom stereocenters. The van der Waals surface area contributed by atoms with Crippen molar-refractivity contribution in [1.82, 2.24) is 19.4 Å². The lowest BCUT2D eigenvalue weighted by atomic mass is 9.99. The van der Waals surface area contributed by atoms with Gasteiger partial charge in [-0.25, -0.2) is 4.98 Å². The molecule has 0 aliphatic heterocycles. The zero-order chi connectivity index (χ0) is 20.1. The van der Waals surface area contributed by atoms with Crippen LogP contribution in [0.5, 0.6) is 0 Å². The van der Waals surface area contributed by atoms with Crippen molar-refractivity contribution >= 4 is 27.5 Å². The van der Waals surface area contributed by atoms with E-state index >= 15 is 0 Å². The largest absolute Gasteiger partial charge is 0.293 e. The van der Waals surface area contributed by atoms with Crippen LogP contribution in [0.3, 0.4) is 0 Å². The van der Waals surface area contributed by atoms with E-state index in [1.807, 2.05) is 30.7 Å². The molecule has 2 aliphatic rings. The summed E-state index contributed by atoms with van der Waals surface area (Å²) in [6.07, 6.45) is 7.50. The molecule has 0 saturated carbocycles. The third-order valence-corrected chi connectivity index (χ3v) is 6.95. The van der Waals surface area contributed by atoms with Crippen LogP contribution in [0.15, 0.2) is 73.2 Å². The monoisotopic (exact) mass is 396 g/mol. The van der Waals surface area contributed by atoms with Crippen LogP contribution in [0.25, 0.3) is 49.8 Å². The molecule has 4 heterocycles. The molecule has 144 valence electrons. The number of pyridine rings is 3. The highest BCUT2D eigenvalue weighted by Crippen LogP contribution is 2.45. The summed E-state index contributed by atoms with van der Waals surface area (Å²) in [4.78, 5) is 14.3. The molecule has 0 radical (unpaired) electrons. The van der Waals surface area contributed by atoms with Gasteiger partial charge in [-0.2, -0.15) is 0 Å². The van der Waals surface area contributed by atoms with Crippen molar-refractivity contribution in [2.45, 2.75) is 12.8 Å². The Bertz CT molecular complexity index is 1740. The Morgan fingerprint density at radius 3 is 2.65 bits per heavy atom. The lowest BCUT2D eigenvalue weighted by Crippen LogP contribution is -1.97. The molecule has 0 spiro atoms. The average Bonchev–Trinajstić information content (AvgIpc) is 3.47. The van der Waals surface area contributed by atoms with E-state index in [0.29, 0.717) is 0 Å². The van der Waals surface area contributed by atoms with Gasteiger partial charge in [-0.1, -0.05) is 24.3 Å². The van der Waals surface area contributed by atoms with Gasteiger partial charge in [0.05, 0.1) is 22.4 Å². The normalized spacial score (nSPS) is 13.5. The van der Waals surface area contributed by atoms with Crippen molar-refractivity contribution in [2.24, 2.45) is 0 Å². The van der Waals surface area contributed by atoms with Crippen LogP contribution >= 0.6 is 0 Å². The molecule has 4 aromatic heterocycles. The molecule has 2 aromatic carbocycles. The van der Waals surface area contributed by atoms with Gasteiger partial charge in [0, 0.05) is 41.3 Å². The summed E-state index contributed by atoms with van der Waals surface area (Å²) in [6.45, 7) is 0. The Morgan fingerprint density at radius 1 is 0.742 bits per heavy atom. The predicted molar refractivity (Wildman–Crippen MR) is 122 cm³/mol. The average molecular weight is 396 g/mol. The first kappa shape index (κ1) is 15.7. The first-order valence-corrected chi connectivity index (χ1v) is 10.6. The van der Waals surface area contributed by atoms with Gasteiger partial charge in [0.2, 0.25) is 0 Å². The van der Waals surface area contributed by atoms with Crippen molar-refractivity contribution in [3.05, 3.63) is 95.6 Å². The molecular formula is C27H16N4. The minimum Gasteiger partial charge on any atom is -0.293 e. The molecule has 8 rings (SSSR count). The highest BCUT2D eigenvalue weighted by Gasteiger charge is 2.29. The van der Waals surface area contributed by atoms with Crippen LogP contribution in [0, 0.1) is 0 Å². The van der Waals surface area contributed by atoms with E-state index in [-0.39, 0.29) is 0 Å². The highest BCUT2D eigenvalue weighted by atomic mass is 15.0. The SMILES string of the molecule is c1ccc2c(c1)Cc1cc3c(cc1-2)Cc1c-3nc2c3cnccc3c3ncccc3n12. The van der Waals surface area contributed by atoms with Gasteiger partial charge in [0.25, 0.3) is 0 Å². The van der Waals surface area contributed by atoms with Crippen molar-refractivity contribution in [3.8, 4) is 22.4 Å². The second-order valence-corrected chi connectivity index (χ2v) is 8.54. The van der Waals surface area contributed by atoms with Gasteiger partial charge in [-0.15, -0.1) is 0 Å². The first-order valence-electron chi connectivity index (χ1n) is 10.6. The van der Waals surface area contributed by atoms with Crippen LogP contribution in [-0.2, 0) is 12.8 Å². The fourth-order valence-corrected chi connectivity index (χ4v) is 5.61. The Kier molecular flexibility index (Phi) is 2.72. The predicted octanol–water partition coefficient (Wildman–Crippen LogP) is 5.57. The molecule has 0 unspecified atom stereocenters. The summed E-state index contributed by atoms with van der Waals surface area (Å²) in [7, 11) is 0. The van der Waals surface area contributed by atoms with Crippen LogP contribution in [-0.4, -0.2) is 19.4 Å². The fraction of sp³-hybridized carbons (Fsp3) is 0.0741. The Balaban J connectivity index is 1.46. The minimum atomic E-state index is 0.886. The molecule has 0 fully saturated rings. The summed E-state index contributed by atoms with van der Waals surface area (Å²) in [5.74, 6) is 0. The number of hydrogen-bond donors (Lipinski definition) is 0. The molecule has 0 bridgehead atoms. The quantitative estimate of drug-likeness (QED) is 0.315. The van der Waals surface area contributed by atoms with Gasteiger partial charge in [-0.3, -0.25) is 14.4 Å². The maximum atomic E-state index is 5.18. The van der Waals surface area contributed by atoms with E-state index in [1.165, 1.54) is 39.1 Å². The molecule has 0 saturated heterocycles. The van der Waals surface area contributed by atoms with E-state index in [1.54, 1.807) is 0 Å². The maximum Gasteiger partial charge on any atom is 0.147 e. The van der Waals surface area contributed by atoms with E-state index in [4.69, 9.17) is 9.97 Å². The van der Waals surface area contributed by atoms with E-state index in [0.717, 1.165) is 46.0 Å². The number of aromatic nitrogens is 4. The number of fused-ring (bicyclic) bond motifs is 13. The number of benzene rings is 2. The van der Waals surface area contributed by atoms with Crippen LogP contribution in [0.2, 0.25) is 0 Å². The summed E-state index contributed by atoms with van der Waals surface area (Å²) in [5, 5.41) is 2.16. The van der Waals surface area contributed by atoms with Gasteiger partial charge < -0.3 is 0 Å². The van der Waals surface area contributed by atoms with Crippen molar-refractivity contribution in [3.63, 3.8) is 0 Å². The Morgan fingerprint density at radius 2 is 1.65 bits per heavy atom. The summed E-state index contributed by atoms with van der Waals surface area (Å²) < 4.78 is 2.31. The van der Waals surface area contributed by atoms with Gasteiger partial charge >= 0.3 is 0 Å². The van der Waals surface area contributed by atoms with Gasteiger partial charge in [0.1, 0.15) is 5.65 Å². The molecule has 0 amide bonds. The Hall–Kier alpha value is -4.05. The fourth-order valence-electron chi connectivity index (χ4n) is 5.61. The molecular weight excluding hydrogens is 380 g/mol. The third-order valence-electron chi connectivity index (χ3n) is 6.95. The van der Waals surface area contributed by atoms with Crippen molar-refractivity contribution in [2.75, 3.05) is 0 Å². The molecule has 2 aliphatic carbocycles. The standard InChI is InChI=1S/C27H16N4/c1-2-5-18-15(4-1)10-16-12-21-17(11-20(16)18)13-24-26(21)30-27-22-14-28-9-7-19(22)25-23(31(24)27)6-3-8-29-25/h1-9,11-12,14H,10,13H2. The van der Waals surface area contributed by atoms with Crippen molar-refractivity contribution < 1.29 is 0 Å². The van der Waals surface area contributed by atoms with Crippen LogP contribution < -0.4 is 0 Å². The molecule has 31 heavy (non-hydrogen) atoms. The summed E-state index contributed by atoms with van der Waals surface area (Å²) >= 11 is 0. The second-order valence-electron chi connectivity index (χ2n) is 8.54. The summed E-state index contributed by atoms with van der Waals surface area (Å²) in [5.41, 5.74) is 13.7. The van der Waals surface area contributed by atoms with Crippen LogP contribution in [0.4, 0.5) is 0 Å². The smallest absolute Gasteiger partial charge is 0.147 e. The van der Waals surface area contributed by atoms with E-state index in [2.05, 4.69) is 51.8 Å². The summed E-state index contributed by atoms with van der Waals surface area (Å²) in [6, 6.07) is 19.7. The zero-order valence-electron chi connectivity index (χ0n) is 16.6. The van der Waals surface area contributed by atoms with Gasteiger partial charge in [0.15, 0.2) is 0 Å². The van der Waals surface area contributed by atoms with Crippen molar-refractivity contribution in [1.29, 1.82) is 0 Å². The van der Waals surface area contributed by atoms with E-state index in [9.17, 15) is 0 Å². The minimum absolute atomic E-state index is 0.886. The lowest BCUT2D eigenvalue weighted by Gasteiger charge is -2.09. The molecule has 4 nitrogen and oxygen atoms in total. The molecule has 0 N–H and O–H groups in total. The second kappa shape index (κ2) is 5.35. The third kappa shape index (κ3) is 1.88. The zero-order valence-corrected chi connectivity index (χ0v) is 16.6. The topological polar surface area (TPSA) is 43.1 Å². The number of imidazole rings is 1. The number of hydrogen-bond acceptors (Lipinski definition) is 3. The van der Waals surface area contributed by atoms with Crippen LogP contribution in [0.1, 0.15) is 22.4 Å². The highest BCUT2D eigenvalue weighted by molar-refractivity contribution is 6.10. The first-order chi connectivity index (χ1) is 15.4. The molecule has 6 aromatic rings. The van der Waals surface area contributed by atoms with Gasteiger partial charge in [-0.05, 0) is 64.6 Å².